The van der Waals surface area contributed by atoms with Crippen molar-refractivity contribution in [3.63, 3.8) is 0 Å². The van der Waals surface area contributed by atoms with Gasteiger partial charge in [-0.05, 0) is 29.8 Å². The van der Waals surface area contributed by atoms with Crippen molar-refractivity contribution >= 4 is 40.7 Å². The van der Waals surface area contributed by atoms with E-state index in [4.69, 9.17) is 4.42 Å². The summed E-state index contributed by atoms with van der Waals surface area (Å²) in [4.78, 5) is 54.5. The molecule has 0 aliphatic carbocycles. The lowest BCUT2D eigenvalue weighted by Crippen LogP contribution is -2.48. The van der Waals surface area contributed by atoms with E-state index in [0.717, 1.165) is 16.2 Å². The van der Waals surface area contributed by atoms with Crippen LogP contribution in [-0.4, -0.2) is 34.6 Å². The molecule has 9 heteroatoms. The zero-order valence-corrected chi connectivity index (χ0v) is 17.6. The summed E-state index contributed by atoms with van der Waals surface area (Å²) in [7, 11) is 0. The molecule has 0 N–H and O–H groups in total. The van der Waals surface area contributed by atoms with Gasteiger partial charge >= 0.3 is 0 Å². The predicted molar refractivity (Wildman–Crippen MR) is 121 cm³/mol. The number of Topliss-reactive ketones (excluding diaryl/α,β-unsaturated/α-hetero) is 1. The van der Waals surface area contributed by atoms with Crippen LogP contribution in [0.2, 0.25) is 0 Å². The summed E-state index contributed by atoms with van der Waals surface area (Å²) >= 11 is 0. The van der Waals surface area contributed by atoms with E-state index in [1.165, 1.54) is 36.6 Å². The minimum atomic E-state index is -0.967. The summed E-state index contributed by atoms with van der Waals surface area (Å²) in [6.07, 6.45) is 5.12. The number of ketones is 1. The molecule has 2 saturated heterocycles. The van der Waals surface area contributed by atoms with E-state index in [1.807, 2.05) is 41.3 Å². The van der Waals surface area contributed by atoms with Gasteiger partial charge in [0.1, 0.15) is 6.04 Å². The average Bonchev–Trinajstić information content (AvgIpc) is 3.55. The van der Waals surface area contributed by atoms with E-state index in [1.54, 1.807) is 6.07 Å². The number of para-hydroxylation sites is 1. The number of rotatable bonds is 4. The molecule has 2 amide bonds. The number of hydrogen-bond donors (Lipinski definition) is 0. The number of fused-ring (bicyclic) bond motifs is 5. The fourth-order valence-corrected chi connectivity index (χ4v) is 5.38. The van der Waals surface area contributed by atoms with Crippen LogP contribution in [0.15, 0.2) is 77.4 Å². The lowest BCUT2D eigenvalue weighted by molar-refractivity contribution is -0.384. The molecule has 4 heterocycles. The fraction of sp³-hybridized carbons (Fsp3) is 0.160. The number of nitro benzene ring substituents is 1. The number of nitrogens with zero attached hydrogens (tertiary/aromatic N) is 3. The van der Waals surface area contributed by atoms with E-state index in [2.05, 4.69) is 0 Å². The first-order valence-electron chi connectivity index (χ1n) is 10.7. The van der Waals surface area contributed by atoms with Crippen LogP contribution in [0.1, 0.15) is 16.1 Å². The second kappa shape index (κ2) is 7.24. The van der Waals surface area contributed by atoms with Crippen molar-refractivity contribution in [2.75, 3.05) is 9.80 Å². The number of benzene rings is 2. The molecule has 3 aromatic rings. The van der Waals surface area contributed by atoms with Crippen molar-refractivity contribution in [3.8, 4) is 0 Å². The standard InChI is InChI=1S/C25H17N3O6/c29-23(19-9-4-12-34-19)22-21-20(18-11-10-14-5-1-2-8-17(14)27(18)22)24(30)26(25(21)31)15-6-3-7-16(13-15)28(32)33/h1-13,18,20-22H/t18-,20-,21-,22+/m1/s1. The normalized spacial score (nSPS) is 24.7. The summed E-state index contributed by atoms with van der Waals surface area (Å²) in [6.45, 7) is 0. The highest BCUT2D eigenvalue weighted by Gasteiger charge is 2.64. The minimum Gasteiger partial charge on any atom is -0.461 e. The number of anilines is 2. The van der Waals surface area contributed by atoms with Gasteiger partial charge < -0.3 is 9.32 Å². The fourth-order valence-electron chi connectivity index (χ4n) is 5.38. The Morgan fingerprint density at radius 2 is 1.76 bits per heavy atom. The van der Waals surface area contributed by atoms with Crippen LogP contribution < -0.4 is 9.80 Å². The topological polar surface area (TPSA) is 114 Å². The van der Waals surface area contributed by atoms with Gasteiger partial charge in [-0.2, -0.15) is 0 Å². The molecule has 0 bridgehead atoms. The number of carbonyl (C=O) groups excluding carboxylic acids is 3. The molecule has 2 fully saturated rings. The number of amides is 2. The molecule has 2 aromatic carbocycles. The Kier molecular flexibility index (Phi) is 4.28. The van der Waals surface area contributed by atoms with Gasteiger partial charge in [0.05, 0.1) is 34.8 Å². The molecule has 1 aromatic heterocycles. The molecule has 9 nitrogen and oxygen atoms in total. The van der Waals surface area contributed by atoms with Gasteiger partial charge in [-0.3, -0.25) is 24.5 Å². The van der Waals surface area contributed by atoms with Crippen molar-refractivity contribution in [1.82, 2.24) is 0 Å². The third kappa shape index (κ3) is 2.70. The van der Waals surface area contributed by atoms with Crippen molar-refractivity contribution in [1.29, 1.82) is 0 Å². The molecule has 3 aliphatic rings. The molecular weight excluding hydrogens is 438 g/mol. The number of nitro groups is 1. The van der Waals surface area contributed by atoms with Crippen LogP contribution in [0, 0.1) is 22.0 Å². The van der Waals surface area contributed by atoms with Gasteiger partial charge in [-0.15, -0.1) is 0 Å². The Morgan fingerprint density at radius 1 is 0.971 bits per heavy atom. The smallest absolute Gasteiger partial charge is 0.271 e. The monoisotopic (exact) mass is 455 g/mol. The first-order valence-corrected chi connectivity index (χ1v) is 10.7. The molecular formula is C25H17N3O6. The molecule has 34 heavy (non-hydrogen) atoms. The summed E-state index contributed by atoms with van der Waals surface area (Å²) in [5, 5.41) is 11.3. The first kappa shape index (κ1) is 20.1. The van der Waals surface area contributed by atoms with Crippen LogP contribution in [0.4, 0.5) is 17.1 Å². The predicted octanol–water partition coefficient (Wildman–Crippen LogP) is 3.46. The maximum Gasteiger partial charge on any atom is 0.271 e. The highest BCUT2D eigenvalue weighted by molar-refractivity contribution is 6.25. The summed E-state index contributed by atoms with van der Waals surface area (Å²) in [5.41, 5.74) is 1.53. The Balaban J connectivity index is 1.49. The maximum absolute atomic E-state index is 13.7. The van der Waals surface area contributed by atoms with Crippen LogP contribution >= 0.6 is 0 Å². The van der Waals surface area contributed by atoms with E-state index < -0.39 is 46.4 Å². The Bertz CT molecular complexity index is 1400. The van der Waals surface area contributed by atoms with Crippen LogP contribution in [-0.2, 0) is 9.59 Å². The van der Waals surface area contributed by atoms with E-state index in [9.17, 15) is 24.5 Å². The van der Waals surface area contributed by atoms with Crippen molar-refractivity contribution < 1.29 is 23.7 Å². The maximum atomic E-state index is 13.7. The van der Waals surface area contributed by atoms with Gasteiger partial charge in [0.15, 0.2) is 5.76 Å². The highest BCUT2D eigenvalue weighted by Crippen LogP contribution is 2.49. The lowest BCUT2D eigenvalue weighted by Gasteiger charge is -2.36. The van der Waals surface area contributed by atoms with Gasteiger partial charge in [-0.25, -0.2) is 4.90 Å². The summed E-state index contributed by atoms with van der Waals surface area (Å²) in [5.74, 6) is -3.12. The quantitative estimate of drug-likeness (QED) is 0.256. The summed E-state index contributed by atoms with van der Waals surface area (Å²) in [6, 6.07) is 14.5. The van der Waals surface area contributed by atoms with E-state index >= 15 is 0 Å². The molecule has 6 rings (SSSR count). The van der Waals surface area contributed by atoms with Gasteiger partial charge in [0.2, 0.25) is 17.6 Å². The molecule has 0 radical (unpaired) electrons. The van der Waals surface area contributed by atoms with Gasteiger partial charge in [0.25, 0.3) is 5.69 Å². The molecule has 0 spiro atoms. The van der Waals surface area contributed by atoms with Crippen molar-refractivity contribution in [3.05, 3.63) is 94.4 Å². The third-order valence-corrected chi connectivity index (χ3v) is 6.75. The molecule has 3 aliphatic heterocycles. The van der Waals surface area contributed by atoms with Crippen LogP contribution in [0.25, 0.3) is 6.08 Å². The Morgan fingerprint density at radius 3 is 2.53 bits per heavy atom. The van der Waals surface area contributed by atoms with E-state index in [-0.39, 0.29) is 17.1 Å². The highest BCUT2D eigenvalue weighted by atomic mass is 16.6. The number of hydrogen-bond acceptors (Lipinski definition) is 7. The molecule has 0 unspecified atom stereocenters. The molecule has 4 atom stereocenters. The molecule has 168 valence electrons. The van der Waals surface area contributed by atoms with Crippen LogP contribution in [0.5, 0.6) is 0 Å². The Hall–Kier alpha value is -4.53. The summed E-state index contributed by atoms with van der Waals surface area (Å²) < 4.78 is 5.36. The van der Waals surface area contributed by atoms with Gasteiger partial charge in [-0.1, -0.05) is 36.4 Å². The number of imide groups is 1. The number of non-ortho nitro benzene ring substituents is 1. The Labute approximate surface area is 193 Å². The lowest BCUT2D eigenvalue weighted by atomic mass is 9.87. The second-order valence-electron chi connectivity index (χ2n) is 8.44. The first-order chi connectivity index (χ1) is 16.5. The number of furan rings is 1. The molecule has 0 saturated carbocycles. The van der Waals surface area contributed by atoms with Gasteiger partial charge in [0, 0.05) is 17.8 Å². The zero-order valence-electron chi connectivity index (χ0n) is 17.6. The zero-order chi connectivity index (χ0) is 23.6. The van der Waals surface area contributed by atoms with Crippen LogP contribution in [0.3, 0.4) is 0 Å². The van der Waals surface area contributed by atoms with Crippen molar-refractivity contribution in [2.45, 2.75) is 12.1 Å². The SMILES string of the molecule is O=C(c1ccco1)[C@@H]1[C@@H]2C(=O)N(c3cccc([N+](=O)[O-])c3)C(=O)[C@@H]2[C@H]2C=Cc3ccccc3N21. The average molecular weight is 455 g/mol. The minimum absolute atomic E-state index is 0.102. The van der Waals surface area contributed by atoms with Crippen molar-refractivity contribution in [2.24, 2.45) is 11.8 Å². The third-order valence-electron chi connectivity index (χ3n) is 6.75. The largest absolute Gasteiger partial charge is 0.461 e. The second-order valence-corrected chi connectivity index (χ2v) is 8.44. The number of carbonyl (C=O) groups is 3. The van der Waals surface area contributed by atoms with E-state index in [0.29, 0.717) is 0 Å².